The van der Waals surface area contributed by atoms with Crippen LogP contribution in [0.25, 0.3) is 0 Å². The van der Waals surface area contributed by atoms with Crippen LogP contribution in [0.1, 0.15) is 16.1 Å². The van der Waals surface area contributed by atoms with Crippen molar-refractivity contribution in [2.75, 3.05) is 10.6 Å². The largest absolute Gasteiger partial charge is 0.477 e. The lowest BCUT2D eigenvalue weighted by molar-refractivity contribution is 0.0690. The lowest BCUT2D eigenvalue weighted by atomic mass is 10.2. The summed E-state index contributed by atoms with van der Waals surface area (Å²) in [6.07, 6.45) is 1.27. The summed E-state index contributed by atoms with van der Waals surface area (Å²) in [7, 11) is 0. The van der Waals surface area contributed by atoms with Crippen molar-refractivity contribution >= 4 is 35.0 Å². The number of aromatic carboxylic acids is 1. The SMILES string of the molecule is Cc1cccc(Cl)c1NC(=O)Nc1ccc(C(=O)O)nc1. The van der Waals surface area contributed by atoms with Gasteiger partial charge in [-0.1, -0.05) is 23.7 Å². The first-order chi connectivity index (χ1) is 9.97. The number of para-hydroxylation sites is 1. The maximum atomic E-state index is 11.9. The van der Waals surface area contributed by atoms with Crippen molar-refractivity contribution in [1.82, 2.24) is 4.98 Å². The van der Waals surface area contributed by atoms with Gasteiger partial charge < -0.3 is 15.7 Å². The van der Waals surface area contributed by atoms with E-state index >= 15 is 0 Å². The number of rotatable bonds is 3. The number of aromatic nitrogens is 1. The molecule has 1 aromatic heterocycles. The van der Waals surface area contributed by atoms with E-state index in [-0.39, 0.29) is 5.69 Å². The van der Waals surface area contributed by atoms with E-state index in [1.807, 2.05) is 13.0 Å². The van der Waals surface area contributed by atoms with Gasteiger partial charge in [0, 0.05) is 0 Å². The average molecular weight is 306 g/mol. The Kier molecular flexibility index (Phi) is 4.39. The number of nitrogens with zero attached hydrogens (tertiary/aromatic N) is 1. The number of benzene rings is 1. The van der Waals surface area contributed by atoms with Crippen LogP contribution < -0.4 is 10.6 Å². The Bertz CT molecular complexity index is 666. The predicted octanol–water partition coefficient (Wildman–Crippen LogP) is 3.39. The lowest BCUT2D eigenvalue weighted by Crippen LogP contribution is -2.20. The second-order valence-corrected chi connectivity index (χ2v) is 4.66. The van der Waals surface area contributed by atoms with Crippen LogP contribution in [0.15, 0.2) is 36.5 Å². The Hall–Kier alpha value is -2.60. The molecule has 0 aliphatic rings. The highest BCUT2D eigenvalue weighted by molar-refractivity contribution is 6.34. The van der Waals surface area contributed by atoms with Gasteiger partial charge in [-0.25, -0.2) is 14.6 Å². The number of carbonyl (C=O) groups excluding carboxylic acids is 1. The predicted molar refractivity (Wildman–Crippen MR) is 80.0 cm³/mol. The molecule has 3 N–H and O–H groups in total. The van der Waals surface area contributed by atoms with Gasteiger partial charge in [0.1, 0.15) is 5.69 Å². The monoisotopic (exact) mass is 305 g/mol. The summed E-state index contributed by atoms with van der Waals surface area (Å²) < 4.78 is 0. The van der Waals surface area contributed by atoms with E-state index in [9.17, 15) is 9.59 Å². The number of amides is 2. The van der Waals surface area contributed by atoms with E-state index in [1.165, 1.54) is 18.3 Å². The van der Waals surface area contributed by atoms with Crippen LogP contribution in [0.4, 0.5) is 16.2 Å². The Morgan fingerprint density at radius 1 is 1.19 bits per heavy atom. The number of pyridine rings is 1. The number of carboxylic acid groups (broad SMARTS) is 1. The maximum Gasteiger partial charge on any atom is 0.354 e. The summed E-state index contributed by atoms with van der Waals surface area (Å²) in [6, 6.07) is 7.55. The van der Waals surface area contributed by atoms with Crippen LogP contribution in [0.3, 0.4) is 0 Å². The molecule has 1 heterocycles. The fraction of sp³-hybridized carbons (Fsp3) is 0.0714. The highest BCUT2D eigenvalue weighted by atomic mass is 35.5. The summed E-state index contributed by atoms with van der Waals surface area (Å²) in [4.78, 5) is 26.3. The Morgan fingerprint density at radius 2 is 1.95 bits per heavy atom. The molecule has 0 saturated carbocycles. The van der Waals surface area contributed by atoms with Gasteiger partial charge in [0.2, 0.25) is 0 Å². The first-order valence-corrected chi connectivity index (χ1v) is 6.37. The number of carboxylic acids is 1. The van der Waals surface area contributed by atoms with Crippen LogP contribution in [-0.2, 0) is 0 Å². The Balaban J connectivity index is 2.06. The molecular weight excluding hydrogens is 294 g/mol. The lowest BCUT2D eigenvalue weighted by Gasteiger charge is -2.11. The molecule has 2 aromatic rings. The van der Waals surface area contributed by atoms with Gasteiger partial charge in [-0.3, -0.25) is 0 Å². The zero-order valence-corrected chi connectivity index (χ0v) is 11.8. The third kappa shape index (κ3) is 3.70. The molecule has 0 saturated heterocycles. The van der Waals surface area contributed by atoms with Gasteiger partial charge >= 0.3 is 12.0 Å². The first-order valence-electron chi connectivity index (χ1n) is 6.00. The normalized spacial score (nSPS) is 10.0. The summed E-state index contributed by atoms with van der Waals surface area (Å²) in [5.41, 5.74) is 1.63. The third-order valence-corrected chi connectivity index (χ3v) is 3.02. The Labute approximate surface area is 125 Å². The van der Waals surface area contributed by atoms with E-state index in [2.05, 4.69) is 15.6 Å². The van der Waals surface area contributed by atoms with Crippen molar-refractivity contribution in [2.45, 2.75) is 6.92 Å². The number of carbonyl (C=O) groups is 2. The molecule has 1 aromatic carbocycles. The molecule has 0 spiro atoms. The zero-order valence-electron chi connectivity index (χ0n) is 11.1. The van der Waals surface area contributed by atoms with Gasteiger partial charge in [-0.05, 0) is 30.7 Å². The third-order valence-electron chi connectivity index (χ3n) is 2.70. The van der Waals surface area contributed by atoms with Gasteiger partial charge in [-0.15, -0.1) is 0 Å². The second-order valence-electron chi connectivity index (χ2n) is 4.25. The number of aryl methyl sites for hydroxylation is 1. The molecule has 0 fully saturated rings. The van der Waals surface area contributed by atoms with E-state index < -0.39 is 12.0 Å². The number of nitrogens with one attached hydrogen (secondary N) is 2. The smallest absolute Gasteiger partial charge is 0.354 e. The molecule has 7 heteroatoms. The van der Waals surface area contributed by atoms with Crippen molar-refractivity contribution in [1.29, 1.82) is 0 Å². The molecule has 0 aliphatic heterocycles. The van der Waals surface area contributed by atoms with Crippen molar-refractivity contribution in [3.63, 3.8) is 0 Å². The number of urea groups is 1. The summed E-state index contributed by atoms with van der Waals surface area (Å²) in [5, 5.41) is 14.4. The molecule has 0 bridgehead atoms. The number of hydrogen-bond acceptors (Lipinski definition) is 3. The van der Waals surface area contributed by atoms with E-state index in [4.69, 9.17) is 16.7 Å². The minimum atomic E-state index is -1.13. The fourth-order valence-corrected chi connectivity index (χ4v) is 1.93. The minimum Gasteiger partial charge on any atom is -0.477 e. The maximum absolute atomic E-state index is 11.9. The van der Waals surface area contributed by atoms with Crippen LogP contribution in [0, 0.1) is 6.92 Å². The molecular formula is C14H12ClN3O3. The van der Waals surface area contributed by atoms with Crippen molar-refractivity contribution in [3.8, 4) is 0 Å². The standard InChI is InChI=1S/C14H12ClN3O3/c1-8-3-2-4-10(15)12(8)18-14(21)17-9-5-6-11(13(19)20)16-7-9/h2-7H,1H3,(H,19,20)(H2,17,18,21). The van der Waals surface area contributed by atoms with Crippen molar-refractivity contribution < 1.29 is 14.7 Å². The summed E-state index contributed by atoms with van der Waals surface area (Å²) in [5.74, 6) is -1.13. The van der Waals surface area contributed by atoms with Crippen LogP contribution in [-0.4, -0.2) is 22.1 Å². The van der Waals surface area contributed by atoms with Crippen molar-refractivity contribution in [3.05, 3.63) is 52.8 Å². The molecule has 108 valence electrons. The van der Waals surface area contributed by atoms with E-state index in [0.29, 0.717) is 16.4 Å². The van der Waals surface area contributed by atoms with Gasteiger partial charge in [0.15, 0.2) is 0 Å². The molecule has 0 radical (unpaired) electrons. The van der Waals surface area contributed by atoms with Crippen LogP contribution >= 0.6 is 11.6 Å². The Morgan fingerprint density at radius 3 is 2.52 bits per heavy atom. The topological polar surface area (TPSA) is 91.3 Å². The number of anilines is 2. The molecule has 0 atom stereocenters. The van der Waals surface area contributed by atoms with Gasteiger partial charge in [-0.2, -0.15) is 0 Å². The fourth-order valence-electron chi connectivity index (χ4n) is 1.66. The summed E-state index contributed by atoms with van der Waals surface area (Å²) in [6.45, 7) is 1.82. The van der Waals surface area contributed by atoms with Gasteiger partial charge in [0.05, 0.1) is 22.6 Å². The molecule has 2 amide bonds. The van der Waals surface area contributed by atoms with Crippen LogP contribution in [0.2, 0.25) is 5.02 Å². The summed E-state index contributed by atoms with van der Waals surface area (Å²) >= 11 is 6.01. The average Bonchev–Trinajstić information content (AvgIpc) is 2.43. The second kappa shape index (κ2) is 6.23. The molecule has 0 unspecified atom stereocenters. The number of halogens is 1. The van der Waals surface area contributed by atoms with Gasteiger partial charge in [0.25, 0.3) is 0 Å². The quantitative estimate of drug-likeness (QED) is 0.810. The highest BCUT2D eigenvalue weighted by Gasteiger charge is 2.09. The molecule has 6 nitrogen and oxygen atoms in total. The van der Waals surface area contributed by atoms with E-state index in [0.717, 1.165) is 5.56 Å². The minimum absolute atomic E-state index is 0.0945. The molecule has 2 rings (SSSR count). The molecule has 0 aliphatic carbocycles. The van der Waals surface area contributed by atoms with E-state index in [1.54, 1.807) is 12.1 Å². The van der Waals surface area contributed by atoms with Crippen LogP contribution in [0.5, 0.6) is 0 Å². The number of hydrogen-bond donors (Lipinski definition) is 3. The highest BCUT2D eigenvalue weighted by Crippen LogP contribution is 2.25. The zero-order chi connectivity index (χ0) is 15.4. The first kappa shape index (κ1) is 14.8. The molecule has 21 heavy (non-hydrogen) atoms. The van der Waals surface area contributed by atoms with Crippen molar-refractivity contribution in [2.24, 2.45) is 0 Å².